The molecule has 0 spiro atoms. The number of benzene rings is 1. The van der Waals surface area contributed by atoms with Crippen molar-refractivity contribution in [3.8, 4) is 16.9 Å². The Kier molecular flexibility index (Phi) is 3.69. The number of pyridine rings is 1. The fourth-order valence-corrected chi connectivity index (χ4v) is 2.26. The number of imidazole rings is 1. The van der Waals surface area contributed by atoms with E-state index in [0.717, 1.165) is 22.6 Å². The van der Waals surface area contributed by atoms with Crippen LogP contribution in [0.2, 0.25) is 0 Å². The molecular weight excluding hydrogens is 262 g/mol. The minimum atomic E-state index is 0.178. The summed E-state index contributed by atoms with van der Waals surface area (Å²) < 4.78 is 7.21. The van der Waals surface area contributed by atoms with Crippen LogP contribution in [-0.4, -0.2) is 21.6 Å². The molecule has 0 amide bonds. The molecule has 0 bridgehead atoms. The Balaban J connectivity index is 1.83. The Morgan fingerprint density at radius 1 is 1.05 bits per heavy atom. The van der Waals surface area contributed by atoms with Crippen LogP contribution >= 0.6 is 0 Å². The summed E-state index contributed by atoms with van der Waals surface area (Å²) >= 11 is 0. The highest BCUT2D eigenvalue weighted by Crippen LogP contribution is 2.23. The van der Waals surface area contributed by atoms with Gasteiger partial charge in [-0.15, -0.1) is 0 Å². The standard InChI is InChI=1S/C17H17N3O/c1-13(20-10-9-18-12-20)17-8-5-15(11-19-17)14-3-6-16(21-2)7-4-14/h3-13H,1-2H3. The smallest absolute Gasteiger partial charge is 0.118 e. The molecule has 0 aliphatic carbocycles. The number of hydrogen-bond donors (Lipinski definition) is 0. The average molecular weight is 279 g/mol. The van der Waals surface area contributed by atoms with E-state index in [4.69, 9.17) is 4.74 Å². The molecule has 2 heterocycles. The molecule has 0 aliphatic rings. The van der Waals surface area contributed by atoms with Crippen molar-refractivity contribution in [1.82, 2.24) is 14.5 Å². The Labute approximate surface area is 124 Å². The van der Waals surface area contributed by atoms with E-state index in [1.54, 1.807) is 13.3 Å². The van der Waals surface area contributed by atoms with Crippen molar-refractivity contribution < 1.29 is 4.74 Å². The molecule has 1 atom stereocenters. The van der Waals surface area contributed by atoms with Gasteiger partial charge in [0.25, 0.3) is 0 Å². The van der Waals surface area contributed by atoms with Crippen LogP contribution in [0.25, 0.3) is 11.1 Å². The zero-order valence-corrected chi connectivity index (χ0v) is 12.1. The maximum Gasteiger partial charge on any atom is 0.118 e. The van der Waals surface area contributed by atoms with E-state index in [-0.39, 0.29) is 6.04 Å². The van der Waals surface area contributed by atoms with Gasteiger partial charge in [0.1, 0.15) is 5.75 Å². The average Bonchev–Trinajstić information content (AvgIpc) is 3.09. The lowest BCUT2D eigenvalue weighted by molar-refractivity contribution is 0.415. The SMILES string of the molecule is COc1ccc(-c2ccc(C(C)n3ccnc3)nc2)cc1. The minimum absolute atomic E-state index is 0.178. The third-order valence-electron chi connectivity index (χ3n) is 3.61. The predicted octanol–water partition coefficient (Wildman–Crippen LogP) is 3.56. The van der Waals surface area contributed by atoms with Crippen molar-refractivity contribution in [3.63, 3.8) is 0 Å². The molecule has 0 radical (unpaired) electrons. The molecule has 0 aliphatic heterocycles. The van der Waals surface area contributed by atoms with Crippen molar-refractivity contribution >= 4 is 0 Å². The highest BCUT2D eigenvalue weighted by Gasteiger charge is 2.08. The molecule has 4 heteroatoms. The molecule has 1 aromatic carbocycles. The van der Waals surface area contributed by atoms with Gasteiger partial charge in [-0.3, -0.25) is 4.98 Å². The molecule has 0 fully saturated rings. The summed E-state index contributed by atoms with van der Waals surface area (Å²) in [5.74, 6) is 0.858. The molecule has 21 heavy (non-hydrogen) atoms. The Morgan fingerprint density at radius 3 is 2.38 bits per heavy atom. The van der Waals surface area contributed by atoms with Crippen molar-refractivity contribution in [2.75, 3.05) is 7.11 Å². The van der Waals surface area contributed by atoms with Crippen molar-refractivity contribution in [3.05, 3.63) is 67.0 Å². The molecule has 2 aromatic heterocycles. The summed E-state index contributed by atoms with van der Waals surface area (Å²) in [5, 5.41) is 0. The monoisotopic (exact) mass is 279 g/mol. The number of ether oxygens (including phenoxy) is 1. The second-order valence-corrected chi connectivity index (χ2v) is 4.89. The molecule has 0 N–H and O–H groups in total. The number of methoxy groups -OCH3 is 1. The van der Waals surface area contributed by atoms with Crippen molar-refractivity contribution in [2.24, 2.45) is 0 Å². The van der Waals surface area contributed by atoms with E-state index in [9.17, 15) is 0 Å². The second-order valence-electron chi connectivity index (χ2n) is 4.89. The summed E-state index contributed by atoms with van der Waals surface area (Å²) in [6.07, 6.45) is 7.44. The van der Waals surface area contributed by atoms with Gasteiger partial charge in [0.05, 0.1) is 25.2 Å². The Hall–Kier alpha value is -2.62. The fraction of sp³-hybridized carbons (Fsp3) is 0.176. The molecule has 3 rings (SSSR count). The number of aromatic nitrogens is 3. The van der Waals surface area contributed by atoms with Crippen LogP contribution < -0.4 is 4.74 Å². The van der Waals surface area contributed by atoms with Gasteiger partial charge in [-0.2, -0.15) is 0 Å². The first-order chi connectivity index (χ1) is 10.3. The maximum absolute atomic E-state index is 5.17. The van der Waals surface area contributed by atoms with Crippen molar-refractivity contribution in [1.29, 1.82) is 0 Å². The number of nitrogens with zero attached hydrogens (tertiary/aromatic N) is 3. The third kappa shape index (κ3) is 2.79. The first kappa shape index (κ1) is 13.4. The molecule has 0 saturated heterocycles. The Morgan fingerprint density at radius 2 is 1.81 bits per heavy atom. The summed E-state index contributed by atoms with van der Waals surface area (Å²) in [6.45, 7) is 2.11. The van der Waals surface area contributed by atoms with Gasteiger partial charge in [-0.1, -0.05) is 18.2 Å². The van der Waals surface area contributed by atoms with E-state index in [1.807, 2.05) is 47.6 Å². The third-order valence-corrected chi connectivity index (χ3v) is 3.61. The second kappa shape index (κ2) is 5.79. The van der Waals surface area contributed by atoms with Gasteiger partial charge < -0.3 is 9.30 Å². The molecule has 4 nitrogen and oxygen atoms in total. The quantitative estimate of drug-likeness (QED) is 0.733. The summed E-state index contributed by atoms with van der Waals surface area (Å²) in [5.41, 5.74) is 3.25. The van der Waals surface area contributed by atoms with E-state index < -0.39 is 0 Å². The predicted molar refractivity (Wildman–Crippen MR) is 82.3 cm³/mol. The highest BCUT2D eigenvalue weighted by molar-refractivity contribution is 5.63. The lowest BCUT2D eigenvalue weighted by atomic mass is 10.1. The van der Waals surface area contributed by atoms with E-state index in [2.05, 4.69) is 29.0 Å². The number of rotatable bonds is 4. The summed E-state index contributed by atoms with van der Waals surface area (Å²) in [4.78, 5) is 8.65. The fourth-order valence-electron chi connectivity index (χ4n) is 2.26. The minimum Gasteiger partial charge on any atom is -0.497 e. The first-order valence-corrected chi connectivity index (χ1v) is 6.86. The van der Waals surface area contributed by atoms with Crippen LogP contribution in [0.1, 0.15) is 18.7 Å². The summed E-state index contributed by atoms with van der Waals surface area (Å²) in [7, 11) is 1.67. The van der Waals surface area contributed by atoms with Gasteiger partial charge >= 0.3 is 0 Å². The van der Waals surface area contributed by atoms with E-state index in [1.165, 1.54) is 0 Å². The number of hydrogen-bond acceptors (Lipinski definition) is 3. The molecule has 0 saturated carbocycles. The van der Waals surface area contributed by atoms with Gasteiger partial charge in [-0.05, 0) is 30.7 Å². The van der Waals surface area contributed by atoms with E-state index >= 15 is 0 Å². The van der Waals surface area contributed by atoms with Gasteiger partial charge in [0.15, 0.2) is 0 Å². The summed E-state index contributed by atoms with van der Waals surface area (Å²) in [6, 6.07) is 12.3. The van der Waals surface area contributed by atoms with Gasteiger partial charge in [0, 0.05) is 24.2 Å². The van der Waals surface area contributed by atoms with Gasteiger partial charge in [0.2, 0.25) is 0 Å². The van der Waals surface area contributed by atoms with Crippen LogP contribution in [-0.2, 0) is 0 Å². The topological polar surface area (TPSA) is 39.9 Å². The van der Waals surface area contributed by atoms with Crippen LogP contribution in [0.4, 0.5) is 0 Å². The highest BCUT2D eigenvalue weighted by atomic mass is 16.5. The maximum atomic E-state index is 5.17. The molecule has 1 unspecified atom stereocenters. The molecule has 106 valence electrons. The largest absolute Gasteiger partial charge is 0.497 e. The lowest BCUT2D eigenvalue weighted by Gasteiger charge is -2.13. The van der Waals surface area contributed by atoms with E-state index in [0.29, 0.717) is 0 Å². The molecule has 3 aromatic rings. The molecular formula is C17H17N3O. The lowest BCUT2D eigenvalue weighted by Crippen LogP contribution is -2.06. The normalized spacial score (nSPS) is 12.1. The van der Waals surface area contributed by atoms with Crippen LogP contribution in [0.5, 0.6) is 5.75 Å². The van der Waals surface area contributed by atoms with Gasteiger partial charge in [-0.25, -0.2) is 4.98 Å². The first-order valence-electron chi connectivity index (χ1n) is 6.86. The Bertz CT molecular complexity index is 688. The van der Waals surface area contributed by atoms with Crippen LogP contribution in [0, 0.1) is 0 Å². The van der Waals surface area contributed by atoms with Crippen LogP contribution in [0.15, 0.2) is 61.3 Å². The zero-order valence-electron chi connectivity index (χ0n) is 12.1. The zero-order chi connectivity index (χ0) is 14.7. The van der Waals surface area contributed by atoms with Crippen LogP contribution in [0.3, 0.4) is 0 Å². The van der Waals surface area contributed by atoms with Crippen molar-refractivity contribution in [2.45, 2.75) is 13.0 Å².